The third-order valence-corrected chi connectivity index (χ3v) is 13.5. The van der Waals surface area contributed by atoms with Gasteiger partial charge in [-0.2, -0.15) is 5.48 Å². The monoisotopic (exact) mass is 887 g/mol. The van der Waals surface area contributed by atoms with Crippen LogP contribution in [0, 0.1) is 11.8 Å². The topological polar surface area (TPSA) is 173 Å². The number of hydroxylamine groups is 1. The van der Waals surface area contributed by atoms with Gasteiger partial charge in [0.05, 0.1) is 24.7 Å². The minimum atomic E-state index is -1.00. The summed E-state index contributed by atoms with van der Waals surface area (Å²) in [6.07, 6.45) is 8.05. The van der Waals surface area contributed by atoms with E-state index in [-0.39, 0.29) is 60.7 Å². The van der Waals surface area contributed by atoms with Crippen LogP contribution in [0.25, 0.3) is 0 Å². The molecule has 2 saturated heterocycles. The Morgan fingerprint density at radius 3 is 1.88 bits per heavy atom. The Kier molecular flexibility index (Phi) is 16.4. The van der Waals surface area contributed by atoms with E-state index in [1.165, 1.54) is 11.1 Å². The van der Waals surface area contributed by atoms with Crippen molar-refractivity contribution in [3.05, 3.63) is 106 Å². The fourth-order valence-corrected chi connectivity index (χ4v) is 9.60. The van der Waals surface area contributed by atoms with Crippen LogP contribution in [-0.2, 0) is 41.7 Å². The molecule has 0 bridgehead atoms. The number of nitrogens with one attached hydrogen (secondary N) is 6. The molecule has 0 aromatic heterocycles. The Bertz CT molecular complexity index is 2240. The van der Waals surface area contributed by atoms with Gasteiger partial charge in [-0.25, -0.2) is 0 Å². The largest absolute Gasteiger partial charge is 0.347 e. The Labute approximate surface area is 383 Å². The highest BCUT2D eigenvalue weighted by molar-refractivity contribution is 5.94. The highest BCUT2D eigenvalue weighted by Crippen LogP contribution is 2.32. The third-order valence-electron chi connectivity index (χ3n) is 13.5. The molecule has 6 N–H and O–H groups in total. The van der Waals surface area contributed by atoms with Gasteiger partial charge in [0.15, 0.2) is 0 Å². The first kappa shape index (κ1) is 47.4. The van der Waals surface area contributed by atoms with Crippen LogP contribution in [-0.4, -0.2) is 103 Å². The summed E-state index contributed by atoms with van der Waals surface area (Å²) in [4.78, 5) is 79.1. The number of fused-ring (bicyclic) bond motifs is 2. The van der Waals surface area contributed by atoms with E-state index >= 15 is 0 Å². The third kappa shape index (κ3) is 11.6. The van der Waals surface area contributed by atoms with Crippen molar-refractivity contribution < 1.29 is 28.8 Å². The number of likely N-dealkylation sites (tertiary alicyclic amines) is 2. The first-order chi connectivity index (χ1) is 31.6. The molecule has 0 radical (unpaired) electrons. The molecular weight excluding hydrogens is 821 g/mol. The number of benzene rings is 3. The second-order valence-electron chi connectivity index (χ2n) is 17.9. The second-order valence-corrected chi connectivity index (χ2v) is 17.9. The van der Waals surface area contributed by atoms with Crippen molar-refractivity contribution >= 4 is 29.5 Å². The summed E-state index contributed by atoms with van der Waals surface area (Å²) in [6.45, 7) is 4.79. The van der Waals surface area contributed by atoms with Gasteiger partial charge in [0.25, 0.3) is 0 Å². The quantitative estimate of drug-likeness (QED) is 0.0917. The molecule has 65 heavy (non-hydrogen) atoms. The van der Waals surface area contributed by atoms with Gasteiger partial charge < -0.3 is 36.4 Å². The van der Waals surface area contributed by atoms with E-state index in [0.717, 1.165) is 49.7 Å². The predicted molar refractivity (Wildman–Crippen MR) is 249 cm³/mol. The van der Waals surface area contributed by atoms with Gasteiger partial charge in [0.1, 0.15) is 24.2 Å². The molecule has 8 atom stereocenters. The van der Waals surface area contributed by atoms with Gasteiger partial charge in [0.2, 0.25) is 29.5 Å². The maximum absolute atomic E-state index is 14.6. The van der Waals surface area contributed by atoms with E-state index in [9.17, 15) is 24.0 Å². The van der Waals surface area contributed by atoms with Crippen LogP contribution in [0.2, 0.25) is 0 Å². The number of rotatable bonds is 16. The smallest absolute Gasteiger partial charge is 0.247 e. The van der Waals surface area contributed by atoms with Gasteiger partial charge in [0, 0.05) is 31.1 Å². The van der Waals surface area contributed by atoms with E-state index < -0.39 is 30.2 Å². The molecule has 2 fully saturated rings. The molecule has 4 aliphatic rings. The fourth-order valence-electron chi connectivity index (χ4n) is 9.60. The number of nitrogens with zero attached hydrogens (tertiary/aromatic N) is 2. The van der Waals surface area contributed by atoms with Crippen LogP contribution >= 0.6 is 0 Å². The highest BCUT2D eigenvalue weighted by atomic mass is 16.6. The van der Waals surface area contributed by atoms with Gasteiger partial charge >= 0.3 is 0 Å². The average Bonchev–Trinajstić information content (AvgIpc) is 4.04. The van der Waals surface area contributed by atoms with E-state index in [4.69, 9.17) is 4.84 Å². The summed E-state index contributed by atoms with van der Waals surface area (Å²) < 4.78 is 0. The minimum Gasteiger partial charge on any atom is -0.347 e. The lowest BCUT2D eigenvalue weighted by Gasteiger charge is -2.32. The molecule has 5 amide bonds. The summed E-state index contributed by atoms with van der Waals surface area (Å²) in [5, 5.41) is 15.5. The zero-order valence-electron chi connectivity index (χ0n) is 38.3. The normalized spacial score (nSPS) is 22.0. The van der Waals surface area contributed by atoms with Crippen LogP contribution in [0.15, 0.2) is 72.8 Å². The lowest BCUT2D eigenvalue weighted by Crippen LogP contribution is -2.55. The lowest BCUT2D eigenvalue weighted by atomic mass is 9.87. The molecule has 0 unspecified atom stereocenters. The number of hydrogen-bond donors (Lipinski definition) is 6. The number of hydrogen-bond acceptors (Lipinski definition) is 9. The van der Waals surface area contributed by atoms with E-state index in [0.29, 0.717) is 49.9 Å². The van der Waals surface area contributed by atoms with Crippen LogP contribution in [0.1, 0.15) is 123 Å². The van der Waals surface area contributed by atoms with Crippen LogP contribution in [0.3, 0.4) is 0 Å². The zero-order valence-corrected chi connectivity index (χ0v) is 38.3. The van der Waals surface area contributed by atoms with Crippen molar-refractivity contribution in [1.82, 2.24) is 41.9 Å². The number of carbonyl (C=O) groups excluding carboxylic acids is 5. The summed E-state index contributed by atoms with van der Waals surface area (Å²) in [6, 6.07) is 19.7. The first-order valence-electron chi connectivity index (χ1n) is 23.5. The van der Waals surface area contributed by atoms with Crippen LogP contribution in [0.5, 0.6) is 0 Å². The second kappa shape index (κ2) is 22.5. The van der Waals surface area contributed by atoms with Crippen LogP contribution < -0.4 is 32.1 Å². The van der Waals surface area contributed by atoms with Crippen molar-refractivity contribution in [2.75, 3.05) is 33.8 Å². The Morgan fingerprint density at radius 1 is 0.708 bits per heavy atom. The van der Waals surface area contributed by atoms with Crippen molar-refractivity contribution in [1.29, 1.82) is 0 Å². The minimum absolute atomic E-state index is 0.00555. The molecule has 2 aliphatic carbocycles. The summed E-state index contributed by atoms with van der Waals surface area (Å²) in [5.41, 5.74) is 8.95. The zero-order chi connectivity index (χ0) is 45.9. The summed E-state index contributed by atoms with van der Waals surface area (Å²) in [7, 11) is 3.51. The number of likely N-dealkylation sites (N-methyl/N-ethyl adjacent to an activating group) is 2. The van der Waals surface area contributed by atoms with Crippen LogP contribution in [0.4, 0.5) is 0 Å². The molecule has 0 spiro atoms. The van der Waals surface area contributed by atoms with E-state index in [1.54, 1.807) is 29.8 Å². The molecule has 3 aromatic rings. The Morgan fingerprint density at radius 2 is 1.29 bits per heavy atom. The van der Waals surface area contributed by atoms with Gasteiger partial charge in [-0.15, -0.1) is 0 Å². The Hall–Kier alpha value is -5.59. The maximum Gasteiger partial charge on any atom is 0.247 e. The molecule has 14 heteroatoms. The van der Waals surface area contributed by atoms with Gasteiger partial charge in [-0.1, -0.05) is 72.5 Å². The highest BCUT2D eigenvalue weighted by Gasteiger charge is 2.40. The van der Waals surface area contributed by atoms with Gasteiger partial charge in [-0.05, 0) is 132 Å². The number of aryl methyl sites for hydroxylation is 2. The summed E-state index contributed by atoms with van der Waals surface area (Å²) in [5.74, 6) is 4.97. The van der Waals surface area contributed by atoms with Gasteiger partial charge in [-0.3, -0.25) is 28.8 Å². The number of amides is 5. The average molecular weight is 887 g/mol. The maximum atomic E-state index is 14.6. The molecule has 14 nitrogen and oxygen atoms in total. The first-order valence-corrected chi connectivity index (χ1v) is 23.5. The number of carbonyl (C=O) groups is 5. The molecule has 3 aromatic carbocycles. The lowest BCUT2D eigenvalue weighted by molar-refractivity contribution is -0.144. The molecule has 0 saturated carbocycles. The van der Waals surface area contributed by atoms with E-state index in [1.807, 2.05) is 56.4 Å². The molecule has 7 rings (SSSR count). The van der Waals surface area contributed by atoms with Crippen molar-refractivity contribution in [2.45, 2.75) is 133 Å². The van der Waals surface area contributed by atoms with E-state index in [2.05, 4.69) is 68.2 Å². The SMILES string of the molecule is CN[C@@H](C)C(=O)N[C@@H](CC#Cc1cccc([C@H](NOC[C@H](C)NC)C(=O)N2CCC[C@H]2C(=O)N[C@@H]2CCCc3ccccc32)c1)C(=O)N1CCC[C@H]1C(=O)N[C@@H]1CCCc2ccccc21. The standard InChI is InChI=1S/C51H66N8O6/c1-33(52-3)32-65-57-46(51(64)59-30-14-28-45(59)49(62)55-42-25-12-20-37-18-6-8-23-40(37)42)38-21-9-15-35(31-38)16-10-26-43(56-47(60)34(2)53-4)50(63)58-29-13-27-44(58)48(61)54-41-24-11-19-36-17-5-7-22-39(36)41/h5-9,15,17-18,21-23,31,33-34,41-46,52-53,57H,11-14,19-20,24-30,32H2,1-4H3,(H,54,61)(H,55,62)(H,56,60)/t33-,34-,41+,42+,43-,44-,45-,46-/m0/s1. The fraction of sp³-hybridized carbons (Fsp3) is 0.510. The molecule has 346 valence electrons. The van der Waals surface area contributed by atoms with Crippen molar-refractivity contribution in [3.63, 3.8) is 0 Å². The molecule has 2 heterocycles. The molecule has 2 aliphatic heterocycles. The van der Waals surface area contributed by atoms with Crippen molar-refractivity contribution in [2.24, 2.45) is 0 Å². The molecular formula is C51H66N8O6. The predicted octanol–water partition coefficient (Wildman–Crippen LogP) is 4.06. The Balaban J connectivity index is 1.07. The van der Waals surface area contributed by atoms with Crippen molar-refractivity contribution in [3.8, 4) is 11.8 Å². The summed E-state index contributed by atoms with van der Waals surface area (Å²) >= 11 is 0.